The second kappa shape index (κ2) is 7.32. The molecule has 1 aliphatic heterocycles. The Morgan fingerprint density at radius 3 is 3.04 bits per heavy atom. The van der Waals surface area contributed by atoms with E-state index in [1.165, 1.54) is 0 Å². The van der Waals surface area contributed by atoms with Gasteiger partial charge in [-0.2, -0.15) is 4.98 Å². The van der Waals surface area contributed by atoms with E-state index in [0.717, 1.165) is 31.5 Å². The second-order valence-electron chi connectivity index (χ2n) is 6.20. The smallest absolute Gasteiger partial charge is 0.239 e. The molecule has 2 heterocycles. The van der Waals surface area contributed by atoms with Crippen molar-refractivity contribution in [3.05, 3.63) is 35.2 Å². The van der Waals surface area contributed by atoms with Gasteiger partial charge in [-0.15, -0.1) is 0 Å². The molecule has 1 aromatic heterocycles. The van der Waals surface area contributed by atoms with Crippen LogP contribution in [-0.4, -0.2) is 59.1 Å². The zero-order valence-electron chi connectivity index (χ0n) is 13.9. The summed E-state index contributed by atoms with van der Waals surface area (Å²) in [7, 11) is 3.60. The Hall–Kier alpha value is -1.92. The fourth-order valence-corrected chi connectivity index (χ4v) is 3.20. The molecule has 128 valence electrons. The topological polar surface area (TPSA) is 62.5 Å². The van der Waals surface area contributed by atoms with E-state index in [2.05, 4.69) is 15.0 Å². The van der Waals surface area contributed by atoms with Crippen LogP contribution < -0.4 is 0 Å². The number of likely N-dealkylation sites (N-methyl/N-ethyl adjacent to an activating group) is 1. The van der Waals surface area contributed by atoms with Crippen molar-refractivity contribution in [1.29, 1.82) is 0 Å². The number of nitrogens with zero attached hydrogens (tertiary/aromatic N) is 4. The molecule has 1 fully saturated rings. The molecule has 0 saturated carbocycles. The summed E-state index contributed by atoms with van der Waals surface area (Å²) < 4.78 is 5.34. The Bertz CT molecular complexity index is 716. The molecule has 24 heavy (non-hydrogen) atoms. The zero-order valence-corrected chi connectivity index (χ0v) is 14.7. The van der Waals surface area contributed by atoms with E-state index < -0.39 is 0 Å². The highest BCUT2D eigenvalue weighted by Gasteiger charge is 2.31. The van der Waals surface area contributed by atoms with Gasteiger partial charge in [0.05, 0.1) is 6.04 Å². The molecule has 1 amide bonds. The average Bonchev–Trinajstić information content (AvgIpc) is 3.21. The summed E-state index contributed by atoms with van der Waals surface area (Å²) in [4.78, 5) is 20.5. The van der Waals surface area contributed by atoms with Gasteiger partial charge in [-0.1, -0.05) is 28.9 Å². The molecule has 1 saturated heterocycles. The van der Waals surface area contributed by atoms with Gasteiger partial charge in [0.15, 0.2) is 0 Å². The van der Waals surface area contributed by atoms with Crippen LogP contribution in [0.25, 0.3) is 11.4 Å². The molecular formula is C17H21ClN4O2. The first kappa shape index (κ1) is 16.9. The molecule has 0 bridgehead atoms. The largest absolute Gasteiger partial charge is 0.347 e. The van der Waals surface area contributed by atoms with Gasteiger partial charge < -0.3 is 9.42 Å². The molecule has 1 aromatic carbocycles. The molecule has 2 aromatic rings. The lowest BCUT2D eigenvalue weighted by Gasteiger charge is -2.25. The number of halogens is 1. The van der Waals surface area contributed by atoms with E-state index in [4.69, 9.17) is 16.1 Å². The SMILES string of the molecule is CN(C)C(=O)[C@H]1CCCN1CCc1nc(-c2cccc(Cl)c2)no1. The maximum absolute atomic E-state index is 12.2. The van der Waals surface area contributed by atoms with Gasteiger partial charge in [-0.05, 0) is 31.5 Å². The number of carbonyl (C=O) groups is 1. The minimum Gasteiger partial charge on any atom is -0.347 e. The number of amides is 1. The first-order chi connectivity index (χ1) is 11.5. The van der Waals surface area contributed by atoms with Crippen molar-refractivity contribution >= 4 is 17.5 Å². The molecule has 3 rings (SSSR count). The molecular weight excluding hydrogens is 328 g/mol. The lowest BCUT2D eigenvalue weighted by atomic mass is 10.2. The summed E-state index contributed by atoms with van der Waals surface area (Å²) in [6.07, 6.45) is 2.58. The number of benzene rings is 1. The highest BCUT2D eigenvalue weighted by molar-refractivity contribution is 6.30. The van der Waals surface area contributed by atoms with Gasteiger partial charge in [0.2, 0.25) is 17.6 Å². The molecule has 0 radical (unpaired) electrons. The van der Waals surface area contributed by atoms with Crippen molar-refractivity contribution in [2.45, 2.75) is 25.3 Å². The Morgan fingerprint density at radius 1 is 1.46 bits per heavy atom. The first-order valence-corrected chi connectivity index (χ1v) is 8.46. The number of aromatic nitrogens is 2. The van der Waals surface area contributed by atoms with E-state index in [-0.39, 0.29) is 11.9 Å². The van der Waals surface area contributed by atoms with E-state index in [1.807, 2.05) is 18.2 Å². The summed E-state index contributed by atoms with van der Waals surface area (Å²) >= 11 is 5.99. The van der Waals surface area contributed by atoms with E-state index in [9.17, 15) is 4.79 Å². The fourth-order valence-electron chi connectivity index (χ4n) is 3.01. The highest BCUT2D eigenvalue weighted by atomic mass is 35.5. The molecule has 1 aliphatic rings. The fraction of sp³-hybridized carbons (Fsp3) is 0.471. The molecule has 1 atom stereocenters. The minimum atomic E-state index is -0.0321. The second-order valence-corrected chi connectivity index (χ2v) is 6.64. The molecule has 6 nitrogen and oxygen atoms in total. The normalized spacial score (nSPS) is 18.0. The van der Waals surface area contributed by atoms with Crippen molar-refractivity contribution in [3.8, 4) is 11.4 Å². The Balaban J connectivity index is 1.62. The summed E-state index contributed by atoms with van der Waals surface area (Å²) in [5.41, 5.74) is 0.833. The predicted molar refractivity (Wildman–Crippen MR) is 91.7 cm³/mol. The molecule has 0 N–H and O–H groups in total. The lowest BCUT2D eigenvalue weighted by Crippen LogP contribution is -2.43. The minimum absolute atomic E-state index is 0.0321. The summed E-state index contributed by atoms with van der Waals surface area (Å²) in [6.45, 7) is 1.67. The van der Waals surface area contributed by atoms with Gasteiger partial charge in [-0.25, -0.2) is 0 Å². The number of hydrogen-bond acceptors (Lipinski definition) is 5. The molecule has 0 aliphatic carbocycles. The van der Waals surface area contributed by atoms with Crippen molar-refractivity contribution in [1.82, 2.24) is 19.9 Å². The third-order valence-electron chi connectivity index (χ3n) is 4.25. The van der Waals surface area contributed by atoms with E-state index in [0.29, 0.717) is 23.2 Å². The average molecular weight is 349 g/mol. The van der Waals surface area contributed by atoms with Gasteiger partial charge in [0.25, 0.3) is 0 Å². The third kappa shape index (κ3) is 3.76. The van der Waals surface area contributed by atoms with Crippen LogP contribution in [0.1, 0.15) is 18.7 Å². The van der Waals surface area contributed by atoms with Gasteiger partial charge >= 0.3 is 0 Å². The van der Waals surface area contributed by atoms with Gasteiger partial charge in [0.1, 0.15) is 0 Å². The Morgan fingerprint density at radius 2 is 2.29 bits per heavy atom. The van der Waals surface area contributed by atoms with Crippen LogP contribution in [0.15, 0.2) is 28.8 Å². The number of carbonyl (C=O) groups excluding carboxylic acids is 1. The summed E-state index contributed by atoms with van der Waals surface area (Å²) in [5.74, 6) is 1.28. The Labute approximate surface area is 146 Å². The zero-order chi connectivity index (χ0) is 17.1. The van der Waals surface area contributed by atoms with Crippen LogP contribution in [0.2, 0.25) is 5.02 Å². The van der Waals surface area contributed by atoms with Crippen LogP contribution >= 0.6 is 11.6 Å². The highest BCUT2D eigenvalue weighted by Crippen LogP contribution is 2.21. The number of rotatable bonds is 5. The van der Waals surface area contributed by atoms with Crippen molar-refractivity contribution in [2.75, 3.05) is 27.2 Å². The molecule has 0 unspecified atom stereocenters. The third-order valence-corrected chi connectivity index (χ3v) is 4.49. The maximum Gasteiger partial charge on any atom is 0.239 e. The Kier molecular flexibility index (Phi) is 5.16. The van der Waals surface area contributed by atoms with Crippen molar-refractivity contribution in [3.63, 3.8) is 0 Å². The van der Waals surface area contributed by atoms with Crippen LogP contribution in [0.5, 0.6) is 0 Å². The quantitative estimate of drug-likeness (QED) is 0.830. The number of likely N-dealkylation sites (tertiary alicyclic amines) is 1. The standard InChI is InChI=1S/C17H21ClN4O2/c1-21(2)17(23)14-7-4-9-22(14)10-8-15-19-16(20-24-15)12-5-3-6-13(18)11-12/h3,5-6,11,14H,4,7-10H2,1-2H3/t14-/m1/s1. The van der Waals surface area contributed by atoms with Crippen molar-refractivity contribution < 1.29 is 9.32 Å². The molecule has 0 spiro atoms. The van der Waals surface area contributed by atoms with Crippen molar-refractivity contribution in [2.24, 2.45) is 0 Å². The van der Waals surface area contributed by atoms with Crippen LogP contribution in [0.3, 0.4) is 0 Å². The van der Waals surface area contributed by atoms with E-state index in [1.54, 1.807) is 25.1 Å². The monoisotopic (exact) mass is 348 g/mol. The van der Waals surface area contributed by atoms with Crippen LogP contribution in [-0.2, 0) is 11.2 Å². The summed E-state index contributed by atoms with van der Waals surface area (Å²) in [6, 6.07) is 7.33. The lowest BCUT2D eigenvalue weighted by molar-refractivity contribution is -0.133. The first-order valence-electron chi connectivity index (χ1n) is 8.08. The van der Waals surface area contributed by atoms with E-state index >= 15 is 0 Å². The van der Waals surface area contributed by atoms with Gasteiger partial charge in [-0.3, -0.25) is 9.69 Å². The molecule has 7 heteroatoms. The van der Waals surface area contributed by atoms with Gasteiger partial charge in [0, 0.05) is 37.6 Å². The predicted octanol–water partition coefficient (Wildman–Crippen LogP) is 2.49. The van der Waals surface area contributed by atoms with Crippen LogP contribution in [0.4, 0.5) is 0 Å². The number of hydrogen-bond donors (Lipinski definition) is 0. The summed E-state index contributed by atoms with van der Waals surface area (Å²) in [5, 5.41) is 4.66. The van der Waals surface area contributed by atoms with Crippen LogP contribution in [0, 0.1) is 0 Å². The maximum atomic E-state index is 12.2.